The SMILES string of the molecule is CN(C)c1ccc(C(O)CNC(=O)c2ccc([N+](=O)[O-])o2)cc1. The predicted octanol–water partition coefficient (Wildman–Crippen LogP) is 1.72. The maximum absolute atomic E-state index is 11.8. The summed E-state index contributed by atoms with van der Waals surface area (Å²) in [5.74, 6) is -1.30. The van der Waals surface area contributed by atoms with Gasteiger partial charge in [-0.1, -0.05) is 12.1 Å². The first-order valence-electron chi connectivity index (χ1n) is 6.86. The van der Waals surface area contributed by atoms with E-state index < -0.39 is 22.8 Å². The number of carbonyl (C=O) groups excluding carboxylic acids is 1. The van der Waals surface area contributed by atoms with Gasteiger partial charge < -0.3 is 19.7 Å². The van der Waals surface area contributed by atoms with Crippen LogP contribution in [0.1, 0.15) is 22.2 Å². The van der Waals surface area contributed by atoms with Crippen molar-refractivity contribution in [3.05, 3.63) is 57.8 Å². The summed E-state index contributed by atoms with van der Waals surface area (Å²) in [5, 5.41) is 23.0. The van der Waals surface area contributed by atoms with Gasteiger partial charge >= 0.3 is 5.88 Å². The van der Waals surface area contributed by atoms with E-state index >= 15 is 0 Å². The molecule has 1 amide bonds. The van der Waals surface area contributed by atoms with E-state index in [-0.39, 0.29) is 12.3 Å². The molecule has 1 atom stereocenters. The van der Waals surface area contributed by atoms with Crippen molar-refractivity contribution in [1.29, 1.82) is 0 Å². The molecule has 0 radical (unpaired) electrons. The van der Waals surface area contributed by atoms with Gasteiger partial charge in [0.1, 0.15) is 4.92 Å². The summed E-state index contributed by atoms with van der Waals surface area (Å²) in [4.78, 5) is 23.5. The van der Waals surface area contributed by atoms with Gasteiger partial charge in [0.05, 0.1) is 12.2 Å². The van der Waals surface area contributed by atoms with E-state index in [0.717, 1.165) is 11.8 Å². The highest BCUT2D eigenvalue weighted by Gasteiger charge is 2.18. The highest BCUT2D eigenvalue weighted by Crippen LogP contribution is 2.18. The largest absolute Gasteiger partial charge is 0.433 e. The van der Waals surface area contributed by atoms with Crippen molar-refractivity contribution < 1.29 is 19.2 Å². The predicted molar refractivity (Wildman–Crippen MR) is 83.4 cm³/mol. The molecule has 0 aliphatic heterocycles. The van der Waals surface area contributed by atoms with E-state index in [1.807, 2.05) is 31.1 Å². The Hall–Kier alpha value is -2.87. The quantitative estimate of drug-likeness (QED) is 0.620. The van der Waals surface area contributed by atoms with Crippen molar-refractivity contribution in [1.82, 2.24) is 5.32 Å². The number of carbonyl (C=O) groups is 1. The topological polar surface area (TPSA) is 109 Å². The molecule has 23 heavy (non-hydrogen) atoms. The van der Waals surface area contributed by atoms with Gasteiger partial charge in [0.2, 0.25) is 0 Å². The van der Waals surface area contributed by atoms with E-state index in [0.29, 0.717) is 5.56 Å². The van der Waals surface area contributed by atoms with E-state index in [1.54, 1.807) is 12.1 Å². The number of hydrogen-bond acceptors (Lipinski definition) is 6. The first kappa shape index (κ1) is 16.5. The molecule has 2 aromatic rings. The fraction of sp³-hybridized carbons (Fsp3) is 0.267. The second-order valence-corrected chi connectivity index (χ2v) is 5.11. The minimum atomic E-state index is -0.889. The molecule has 122 valence electrons. The monoisotopic (exact) mass is 319 g/mol. The van der Waals surface area contributed by atoms with Crippen LogP contribution in [0, 0.1) is 10.1 Å². The van der Waals surface area contributed by atoms with Crippen LogP contribution >= 0.6 is 0 Å². The van der Waals surface area contributed by atoms with Crippen molar-refractivity contribution in [2.24, 2.45) is 0 Å². The number of hydrogen-bond donors (Lipinski definition) is 2. The minimum Gasteiger partial charge on any atom is -0.395 e. The first-order valence-corrected chi connectivity index (χ1v) is 6.86. The summed E-state index contributed by atoms with van der Waals surface area (Å²) >= 11 is 0. The Morgan fingerprint density at radius 2 is 1.96 bits per heavy atom. The van der Waals surface area contributed by atoms with Gasteiger partial charge in [-0.25, -0.2) is 0 Å². The normalized spacial score (nSPS) is 11.8. The molecular weight excluding hydrogens is 302 g/mol. The molecule has 1 aromatic heterocycles. The van der Waals surface area contributed by atoms with Crippen LogP contribution in [-0.4, -0.2) is 36.6 Å². The number of aliphatic hydroxyl groups is 1. The molecule has 0 fully saturated rings. The van der Waals surface area contributed by atoms with Crippen LogP contribution in [0.2, 0.25) is 0 Å². The van der Waals surface area contributed by atoms with Crippen LogP contribution in [0.4, 0.5) is 11.6 Å². The van der Waals surface area contributed by atoms with Gasteiger partial charge in [0, 0.05) is 26.3 Å². The van der Waals surface area contributed by atoms with E-state index in [4.69, 9.17) is 4.42 Å². The second-order valence-electron chi connectivity index (χ2n) is 5.11. The molecule has 0 aliphatic carbocycles. The number of nitrogens with zero attached hydrogens (tertiary/aromatic N) is 2. The Morgan fingerprint density at radius 1 is 1.30 bits per heavy atom. The van der Waals surface area contributed by atoms with Crippen LogP contribution in [0.3, 0.4) is 0 Å². The fourth-order valence-corrected chi connectivity index (χ4v) is 1.94. The minimum absolute atomic E-state index is 0.0331. The molecule has 8 heteroatoms. The lowest BCUT2D eigenvalue weighted by atomic mass is 10.1. The lowest BCUT2D eigenvalue weighted by molar-refractivity contribution is -0.402. The van der Waals surface area contributed by atoms with Crippen LogP contribution in [-0.2, 0) is 0 Å². The third-order valence-corrected chi connectivity index (χ3v) is 3.25. The number of nitrogens with one attached hydrogen (secondary N) is 1. The highest BCUT2D eigenvalue weighted by molar-refractivity contribution is 5.91. The maximum Gasteiger partial charge on any atom is 0.433 e. The number of anilines is 1. The van der Waals surface area contributed by atoms with Crippen LogP contribution in [0.25, 0.3) is 0 Å². The number of nitro groups is 1. The summed E-state index contributed by atoms with van der Waals surface area (Å²) in [5.41, 5.74) is 1.65. The summed E-state index contributed by atoms with van der Waals surface area (Å²) in [6.45, 7) is -0.0331. The van der Waals surface area contributed by atoms with E-state index in [9.17, 15) is 20.0 Å². The van der Waals surface area contributed by atoms with Crippen molar-refractivity contribution in [2.75, 3.05) is 25.5 Å². The molecule has 0 saturated carbocycles. The lowest BCUT2D eigenvalue weighted by Crippen LogP contribution is -2.28. The number of amides is 1. The highest BCUT2D eigenvalue weighted by atomic mass is 16.6. The number of furan rings is 1. The van der Waals surface area contributed by atoms with Gasteiger partial charge in [0.15, 0.2) is 5.76 Å². The lowest BCUT2D eigenvalue weighted by Gasteiger charge is -2.15. The summed E-state index contributed by atoms with van der Waals surface area (Å²) in [7, 11) is 3.82. The molecule has 1 heterocycles. The molecule has 2 rings (SSSR count). The van der Waals surface area contributed by atoms with Crippen LogP contribution in [0.15, 0.2) is 40.8 Å². The van der Waals surface area contributed by atoms with Gasteiger partial charge in [-0.2, -0.15) is 0 Å². The zero-order valence-electron chi connectivity index (χ0n) is 12.7. The van der Waals surface area contributed by atoms with Crippen LogP contribution < -0.4 is 10.2 Å². The Kier molecular flexibility index (Phi) is 4.97. The number of benzene rings is 1. The van der Waals surface area contributed by atoms with E-state index in [2.05, 4.69) is 5.32 Å². The molecule has 0 aliphatic rings. The second kappa shape index (κ2) is 6.93. The summed E-state index contributed by atoms with van der Waals surface area (Å²) < 4.78 is 4.79. The molecule has 1 unspecified atom stereocenters. The zero-order valence-corrected chi connectivity index (χ0v) is 12.7. The van der Waals surface area contributed by atoms with E-state index in [1.165, 1.54) is 6.07 Å². The number of rotatable bonds is 6. The molecule has 2 N–H and O–H groups in total. The Balaban J connectivity index is 1.93. The standard InChI is InChI=1S/C15H17N3O5/c1-17(2)11-5-3-10(4-6-11)12(19)9-16-15(20)13-7-8-14(23-13)18(21)22/h3-8,12,19H,9H2,1-2H3,(H,16,20). The maximum atomic E-state index is 11.8. The average Bonchev–Trinajstić information content (AvgIpc) is 3.02. The Bertz CT molecular complexity index is 693. The van der Waals surface area contributed by atoms with Crippen molar-refractivity contribution in [3.63, 3.8) is 0 Å². The van der Waals surface area contributed by atoms with Crippen molar-refractivity contribution in [3.8, 4) is 0 Å². The molecule has 0 spiro atoms. The summed E-state index contributed by atoms with van der Waals surface area (Å²) in [6, 6.07) is 9.57. The third kappa shape index (κ3) is 4.07. The Morgan fingerprint density at radius 3 is 2.48 bits per heavy atom. The third-order valence-electron chi connectivity index (χ3n) is 3.25. The average molecular weight is 319 g/mol. The van der Waals surface area contributed by atoms with Gasteiger partial charge in [-0.15, -0.1) is 0 Å². The van der Waals surface area contributed by atoms with Gasteiger partial charge in [0.25, 0.3) is 5.91 Å². The Labute approximate surface area is 132 Å². The zero-order chi connectivity index (χ0) is 17.0. The molecule has 0 bridgehead atoms. The molecule has 1 aromatic carbocycles. The van der Waals surface area contributed by atoms with Crippen molar-refractivity contribution in [2.45, 2.75) is 6.10 Å². The molecule has 8 nitrogen and oxygen atoms in total. The molecule has 0 saturated heterocycles. The molecular formula is C15H17N3O5. The fourth-order valence-electron chi connectivity index (χ4n) is 1.94. The van der Waals surface area contributed by atoms with Gasteiger partial charge in [-0.3, -0.25) is 14.9 Å². The van der Waals surface area contributed by atoms with Crippen LogP contribution in [0.5, 0.6) is 0 Å². The van der Waals surface area contributed by atoms with Crippen molar-refractivity contribution >= 4 is 17.5 Å². The smallest absolute Gasteiger partial charge is 0.395 e. The summed E-state index contributed by atoms with van der Waals surface area (Å²) in [6.07, 6.45) is -0.889. The van der Waals surface area contributed by atoms with Gasteiger partial charge in [-0.05, 0) is 23.8 Å². The number of aliphatic hydroxyl groups excluding tert-OH is 1. The first-order chi connectivity index (χ1) is 10.9.